The molecule has 3 aliphatic rings. The largest absolute Gasteiger partial charge is 0.497 e. The molecule has 2 aliphatic heterocycles. The summed E-state index contributed by atoms with van der Waals surface area (Å²) in [6.07, 6.45) is 5.76. The Morgan fingerprint density at radius 1 is 1.15 bits per heavy atom. The highest BCUT2D eigenvalue weighted by atomic mass is 16.5. The second kappa shape index (κ2) is 8.90. The summed E-state index contributed by atoms with van der Waals surface area (Å²) in [5.41, 5.74) is 4.38. The molecule has 0 unspecified atom stereocenters. The Kier molecular flexibility index (Phi) is 5.81. The zero-order valence-corrected chi connectivity index (χ0v) is 18.7. The molecule has 0 radical (unpaired) electrons. The predicted octanol–water partition coefficient (Wildman–Crippen LogP) is 3.47. The van der Waals surface area contributed by atoms with Crippen LogP contribution in [-0.2, 0) is 4.79 Å². The van der Waals surface area contributed by atoms with Crippen molar-refractivity contribution in [2.75, 3.05) is 32.1 Å². The van der Waals surface area contributed by atoms with Crippen LogP contribution in [0.25, 0.3) is 5.57 Å². The van der Waals surface area contributed by atoms with Gasteiger partial charge < -0.3 is 25.0 Å². The maximum atomic E-state index is 12.9. The molecule has 3 atom stereocenters. The normalized spacial score (nSPS) is 24.1. The summed E-state index contributed by atoms with van der Waals surface area (Å²) in [7, 11) is 1.59. The number of amides is 3. The third-order valence-corrected chi connectivity index (χ3v) is 7.09. The van der Waals surface area contributed by atoms with Gasteiger partial charge in [-0.3, -0.25) is 4.79 Å². The lowest BCUT2D eigenvalue weighted by atomic mass is 9.73. The number of nitrogens with one attached hydrogen (secondary N) is 1. The molecule has 0 spiro atoms. The Balaban J connectivity index is 1.31. The molecule has 0 saturated carbocycles. The number of benzene rings is 2. The van der Waals surface area contributed by atoms with Gasteiger partial charge in [-0.05, 0) is 60.2 Å². The average Bonchev–Trinajstić information content (AvgIpc) is 3.36. The Bertz CT molecular complexity index is 1060. The van der Waals surface area contributed by atoms with E-state index in [2.05, 4.69) is 35.7 Å². The van der Waals surface area contributed by atoms with Crippen LogP contribution in [0.4, 0.5) is 10.5 Å². The maximum Gasteiger partial charge on any atom is 0.322 e. The summed E-state index contributed by atoms with van der Waals surface area (Å²) in [4.78, 5) is 29.1. The number of piperazine rings is 1. The Morgan fingerprint density at radius 2 is 1.91 bits per heavy atom. The molecule has 33 heavy (non-hydrogen) atoms. The van der Waals surface area contributed by atoms with E-state index in [0.29, 0.717) is 18.0 Å². The SMILES string of the molecule is COc1ccc(NC(=O)N2CC(=O)N3[C@H](CO)[C@@H](c4ccc(C5=CCCC5)cc4)[C@H]3C2)cc1. The highest BCUT2D eigenvalue weighted by Gasteiger charge is 2.54. The van der Waals surface area contributed by atoms with Crippen molar-refractivity contribution in [2.24, 2.45) is 0 Å². The fourth-order valence-electron chi connectivity index (χ4n) is 5.38. The number of ether oxygens (including phenoxy) is 1. The molecule has 3 amide bonds. The number of allylic oxidation sites excluding steroid dienone is 2. The maximum absolute atomic E-state index is 12.9. The minimum Gasteiger partial charge on any atom is -0.497 e. The Labute approximate surface area is 193 Å². The summed E-state index contributed by atoms with van der Waals surface area (Å²) in [6, 6.07) is 14.9. The molecular weight excluding hydrogens is 418 g/mol. The lowest BCUT2D eigenvalue weighted by Crippen LogP contribution is -2.73. The molecule has 2 N–H and O–H groups in total. The highest BCUT2D eigenvalue weighted by molar-refractivity contribution is 5.93. The fraction of sp³-hybridized carbons (Fsp3) is 0.385. The van der Waals surface area contributed by atoms with Gasteiger partial charge in [0, 0.05) is 18.2 Å². The van der Waals surface area contributed by atoms with Gasteiger partial charge in [-0.15, -0.1) is 0 Å². The molecule has 5 rings (SSSR count). The predicted molar refractivity (Wildman–Crippen MR) is 126 cm³/mol. The van der Waals surface area contributed by atoms with Crippen LogP contribution < -0.4 is 10.1 Å². The van der Waals surface area contributed by atoms with E-state index in [9.17, 15) is 14.7 Å². The second-order valence-corrected chi connectivity index (χ2v) is 8.93. The average molecular weight is 448 g/mol. The fourth-order valence-corrected chi connectivity index (χ4v) is 5.38. The number of methoxy groups -OCH3 is 1. The number of nitrogens with zero attached hydrogens (tertiary/aromatic N) is 2. The molecule has 2 aromatic rings. The molecule has 2 saturated heterocycles. The first kappa shape index (κ1) is 21.5. The van der Waals surface area contributed by atoms with Crippen molar-refractivity contribution >= 4 is 23.2 Å². The lowest BCUT2D eigenvalue weighted by Gasteiger charge is -2.58. The second-order valence-electron chi connectivity index (χ2n) is 8.93. The van der Waals surface area contributed by atoms with Gasteiger partial charge in [-0.25, -0.2) is 4.79 Å². The number of carbonyl (C=O) groups excluding carboxylic acids is 2. The number of hydrogen-bond acceptors (Lipinski definition) is 4. The van der Waals surface area contributed by atoms with E-state index in [4.69, 9.17) is 4.74 Å². The zero-order valence-electron chi connectivity index (χ0n) is 18.7. The van der Waals surface area contributed by atoms with Gasteiger partial charge >= 0.3 is 6.03 Å². The minimum absolute atomic E-state index is 0.00199. The van der Waals surface area contributed by atoms with E-state index >= 15 is 0 Å². The van der Waals surface area contributed by atoms with Crippen molar-refractivity contribution < 1.29 is 19.4 Å². The van der Waals surface area contributed by atoms with Crippen LogP contribution in [0.5, 0.6) is 5.75 Å². The van der Waals surface area contributed by atoms with Crippen LogP contribution in [0.15, 0.2) is 54.6 Å². The lowest BCUT2D eigenvalue weighted by molar-refractivity contribution is -0.159. The first-order valence-corrected chi connectivity index (χ1v) is 11.5. The number of aliphatic hydroxyl groups excluding tert-OH is 1. The minimum atomic E-state index is -0.303. The van der Waals surface area contributed by atoms with Crippen LogP contribution in [0.2, 0.25) is 0 Å². The van der Waals surface area contributed by atoms with E-state index in [1.165, 1.54) is 17.6 Å². The van der Waals surface area contributed by atoms with Crippen LogP contribution in [-0.4, -0.2) is 65.7 Å². The Hall–Kier alpha value is -3.32. The van der Waals surface area contributed by atoms with Gasteiger partial charge in [0.25, 0.3) is 0 Å². The van der Waals surface area contributed by atoms with Crippen molar-refractivity contribution in [1.82, 2.24) is 9.80 Å². The van der Waals surface area contributed by atoms with Gasteiger partial charge in [-0.1, -0.05) is 30.3 Å². The topological polar surface area (TPSA) is 82.1 Å². The van der Waals surface area contributed by atoms with Crippen LogP contribution in [0.1, 0.15) is 36.3 Å². The molecule has 2 heterocycles. The summed E-state index contributed by atoms with van der Waals surface area (Å²) >= 11 is 0. The van der Waals surface area contributed by atoms with E-state index in [1.54, 1.807) is 41.2 Å². The van der Waals surface area contributed by atoms with E-state index < -0.39 is 0 Å². The smallest absolute Gasteiger partial charge is 0.322 e. The first-order valence-electron chi connectivity index (χ1n) is 11.5. The number of rotatable bonds is 5. The number of aliphatic hydroxyl groups is 1. The van der Waals surface area contributed by atoms with Crippen molar-refractivity contribution in [2.45, 2.75) is 37.3 Å². The van der Waals surface area contributed by atoms with Crippen molar-refractivity contribution in [1.29, 1.82) is 0 Å². The van der Waals surface area contributed by atoms with Gasteiger partial charge in [0.2, 0.25) is 5.91 Å². The molecule has 7 heteroatoms. The summed E-state index contributed by atoms with van der Waals surface area (Å²) in [5.74, 6) is 0.584. The summed E-state index contributed by atoms with van der Waals surface area (Å²) < 4.78 is 5.15. The number of carbonyl (C=O) groups is 2. The number of urea groups is 1. The number of fused-ring (bicyclic) bond motifs is 1. The molecule has 2 fully saturated rings. The zero-order chi connectivity index (χ0) is 22.9. The van der Waals surface area contributed by atoms with Crippen molar-refractivity contribution in [3.63, 3.8) is 0 Å². The highest BCUT2D eigenvalue weighted by Crippen LogP contribution is 2.43. The van der Waals surface area contributed by atoms with Gasteiger partial charge in [0.1, 0.15) is 12.3 Å². The monoisotopic (exact) mass is 447 g/mol. The van der Waals surface area contributed by atoms with Crippen molar-refractivity contribution in [3.8, 4) is 5.75 Å². The Morgan fingerprint density at radius 3 is 2.55 bits per heavy atom. The molecular formula is C26H29N3O4. The molecule has 1 aliphatic carbocycles. The van der Waals surface area contributed by atoms with Crippen LogP contribution >= 0.6 is 0 Å². The molecule has 2 aromatic carbocycles. The molecule has 7 nitrogen and oxygen atoms in total. The van der Waals surface area contributed by atoms with Crippen LogP contribution in [0.3, 0.4) is 0 Å². The van der Waals surface area contributed by atoms with Gasteiger partial charge in [0.15, 0.2) is 0 Å². The van der Waals surface area contributed by atoms with E-state index in [0.717, 1.165) is 18.4 Å². The van der Waals surface area contributed by atoms with Gasteiger partial charge in [-0.2, -0.15) is 0 Å². The quantitative estimate of drug-likeness (QED) is 0.736. The van der Waals surface area contributed by atoms with E-state index in [1.807, 2.05) is 0 Å². The third-order valence-electron chi connectivity index (χ3n) is 7.09. The van der Waals surface area contributed by atoms with E-state index in [-0.39, 0.29) is 43.1 Å². The number of hydrogen-bond donors (Lipinski definition) is 2. The molecule has 0 bridgehead atoms. The molecule has 0 aromatic heterocycles. The standard InChI is InChI=1S/C26H29N3O4/c1-33-21-12-10-20(11-13-21)27-26(32)28-14-22-25(23(16-30)29(22)24(31)15-28)19-8-6-18(7-9-19)17-4-2-3-5-17/h4,6-13,22-23,25,30H,2-3,5,14-16H2,1H3,(H,27,32)/t22-,23-,25+/m1/s1. The van der Waals surface area contributed by atoms with Crippen molar-refractivity contribution in [3.05, 3.63) is 65.7 Å². The third kappa shape index (κ3) is 3.97. The first-order chi connectivity index (χ1) is 16.1. The summed E-state index contributed by atoms with van der Waals surface area (Å²) in [6.45, 7) is 0.356. The summed E-state index contributed by atoms with van der Waals surface area (Å²) in [5, 5.41) is 12.9. The number of anilines is 1. The molecule has 172 valence electrons. The van der Waals surface area contributed by atoms with Crippen LogP contribution in [0, 0.1) is 0 Å². The van der Waals surface area contributed by atoms with Gasteiger partial charge in [0.05, 0.1) is 25.8 Å².